The molecular weight excluding hydrogens is 234 g/mol. The van der Waals surface area contributed by atoms with Crippen LogP contribution in [0.5, 0.6) is 0 Å². The summed E-state index contributed by atoms with van der Waals surface area (Å²) in [5, 5.41) is 4.10. The van der Waals surface area contributed by atoms with Gasteiger partial charge in [-0.2, -0.15) is 0 Å². The van der Waals surface area contributed by atoms with Crippen LogP contribution in [0.3, 0.4) is 0 Å². The third kappa shape index (κ3) is 4.57. The van der Waals surface area contributed by atoms with Gasteiger partial charge in [0.05, 0.1) is 12.7 Å². The first-order valence-electron chi connectivity index (χ1n) is 6.45. The summed E-state index contributed by atoms with van der Waals surface area (Å²) in [6.45, 7) is 1.64. The molecule has 1 aliphatic carbocycles. The van der Waals surface area contributed by atoms with Gasteiger partial charge in [0.25, 0.3) is 0 Å². The zero-order valence-corrected chi connectivity index (χ0v) is 10.9. The van der Waals surface area contributed by atoms with Crippen molar-refractivity contribution in [1.29, 1.82) is 0 Å². The largest absolute Gasteiger partial charge is 0.383 e. The highest BCUT2D eigenvalue weighted by Gasteiger charge is 2.12. The molecule has 0 amide bonds. The Kier molecular flexibility index (Phi) is 5.14. The Morgan fingerprint density at radius 1 is 1.12 bits per heavy atom. The predicted molar refractivity (Wildman–Crippen MR) is 72.8 cm³/mol. The fourth-order valence-electron chi connectivity index (χ4n) is 2.22. The molecule has 1 aromatic rings. The van der Waals surface area contributed by atoms with E-state index in [-0.39, 0.29) is 0 Å². The van der Waals surface area contributed by atoms with Crippen molar-refractivity contribution in [2.45, 2.75) is 38.2 Å². The molecule has 0 unspecified atom stereocenters. The third-order valence-corrected chi connectivity index (χ3v) is 3.43. The summed E-state index contributed by atoms with van der Waals surface area (Å²) < 4.78 is 5.84. The lowest BCUT2D eigenvalue weighted by atomic mass is 9.98. The molecule has 0 atom stereocenters. The summed E-state index contributed by atoms with van der Waals surface area (Å²) in [7, 11) is 0. The number of ether oxygens (including phenoxy) is 1. The minimum Gasteiger partial charge on any atom is -0.383 e. The van der Waals surface area contributed by atoms with E-state index in [0.717, 1.165) is 23.9 Å². The molecule has 1 N–H and O–H groups in total. The number of rotatable bonds is 5. The summed E-state index contributed by atoms with van der Waals surface area (Å²) in [5.74, 6) is 0. The van der Waals surface area contributed by atoms with E-state index in [9.17, 15) is 0 Å². The molecule has 17 heavy (non-hydrogen) atoms. The Hall–Kier alpha value is -0.730. The molecule has 0 aliphatic heterocycles. The first-order chi connectivity index (χ1) is 8.34. The van der Waals surface area contributed by atoms with Crippen LogP contribution in [-0.2, 0) is 4.74 Å². The van der Waals surface area contributed by atoms with Gasteiger partial charge in [0, 0.05) is 17.3 Å². The van der Waals surface area contributed by atoms with Crippen LogP contribution in [0, 0.1) is 0 Å². The Bertz CT molecular complexity index is 319. The van der Waals surface area contributed by atoms with Gasteiger partial charge in [-0.25, -0.2) is 0 Å². The standard InChI is InChI=1S/C14H20ClNO/c15-12-6-8-13(9-7-12)16-10-11-17-14-4-2-1-3-5-14/h6-9,14,16H,1-5,10-11H2. The summed E-state index contributed by atoms with van der Waals surface area (Å²) in [6, 6.07) is 7.77. The quantitative estimate of drug-likeness (QED) is 0.798. The highest BCUT2D eigenvalue weighted by molar-refractivity contribution is 6.30. The van der Waals surface area contributed by atoms with Gasteiger partial charge in [-0.3, -0.25) is 0 Å². The van der Waals surface area contributed by atoms with Crippen LogP contribution in [0.2, 0.25) is 5.02 Å². The summed E-state index contributed by atoms with van der Waals surface area (Å²) in [5.41, 5.74) is 1.10. The second-order valence-electron chi connectivity index (χ2n) is 4.56. The molecule has 1 aliphatic rings. The number of benzene rings is 1. The molecule has 0 spiro atoms. The van der Waals surface area contributed by atoms with Crippen LogP contribution in [-0.4, -0.2) is 19.3 Å². The lowest BCUT2D eigenvalue weighted by Gasteiger charge is -2.22. The zero-order valence-electron chi connectivity index (χ0n) is 10.1. The maximum absolute atomic E-state index is 5.84. The smallest absolute Gasteiger partial charge is 0.0642 e. The Morgan fingerprint density at radius 3 is 2.53 bits per heavy atom. The van der Waals surface area contributed by atoms with Gasteiger partial charge in [-0.05, 0) is 37.1 Å². The van der Waals surface area contributed by atoms with Gasteiger partial charge in [-0.1, -0.05) is 30.9 Å². The van der Waals surface area contributed by atoms with Gasteiger partial charge >= 0.3 is 0 Å². The van der Waals surface area contributed by atoms with Crippen molar-refractivity contribution >= 4 is 17.3 Å². The number of halogens is 1. The maximum atomic E-state index is 5.84. The van der Waals surface area contributed by atoms with Crippen molar-refractivity contribution in [2.75, 3.05) is 18.5 Å². The van der Waals surface area contributed by atoms with Gasteiger partial charge in [0.1, 0.15) is 0 Å². The van der Waals surface area contributed by atoms with E-state index in [2.05, 4.69) is 5.32 Å². The van der Waals surface area contributed by atoms with E-state index in [1.165, 1.54) is 32.1 Å². The minimum absolute atomic E-state index is 0.496. The second-order valence-corrected chi connectivity index (χ2v) is 5.00. The zero-order chi connectivity index (χ0) is 11.9. The summed E-state index contributed by atoms with van der Waals surface area (Å²) >= 11 is 5.82. The highest BCUT2D eigenvalue weighted by atomic mass is 35.5. The third-order valence-electron chi connectivity index (χ3n) is 3.18. The average molecular weight is 254 g/mol. The van der Waals surface area contributed by atoms with Crippen molar-refractivity contribution in [1.82, 2.24) is 0 Å². The van der Waals surface area contributed by atoms with Gasteiger partial charge in [0.15, 0.2) is 0 Å². The van der Waals surface area contributed by atoms with Crippen molar-refractivity contribution < 1.29 is 4.74 Å². The fraction of sp³-hybridized carbons (Fsp3) is 0.571. The van der Waals surface area contributed by atoms with Crippen LogP contribution >= 0.6 is 11.6 Å². The topological polar surface area (TPSA) is 21.3 Å². The normalized spacial score (nSPS) is 17.0. The fourth-order valence-corrected chi connectivity index (χ4v) is 2.35. The van der Waals surface area contributed by atoms with E-state index in [1.54, 1.807) is 0 Å². The maximum Gasteiger partial charge on any atom is 0.0642 e. The van der Waals surface area contributed by atoms with E-state index >= 15 is 0 Å². The molecule has 1 aromatic carbocycles. The Morgan fingerprint density at radius 2 is 1.82 bits per heavy atom. The Labute approximate surface area is 108 Å². The number of nitrogens with one attached hydrogen (secondary N) is 1. The van der Waals surface area contributed by atoms with Crippen LogP contribution < -0.4 is 5.32 Å². The number of hydrogen-bond donors (Lipinski definition) is 1. The van der Waals surface area contributed by atoms with Crippen molar-refractivity contribution in [3.05, 3.63) is 29.3 Å². The first-order valence-corrected chi connectivity index (χ1v) is 6.83. The van der Waals surface area contributed by atoms with E-state index in [1.807, 2.05) is 24.3 Å². The molecule has 0 radical (unpaired) electrons. The van der Waals surface area contributed by atoms with Crippen LogP contribution in [0.4, 0.5) is 5.69 Å². The second kappa shape index (κ2) is 6.87. The first kappa shape index (κ1) is 12.7. The monoisotopic (exact) mass is 253 g/mol. The van der Waals surface area contributed by atoms with Gasteiger partial charge in [0.2, 0.25) is 0 Å². The van der Waals surface area contributed by atoms with Crippen LogP contribution in [0.25, 0.3) is 0 Å². The number of hydrogen-bond acceptors (Lipinski definition) is 2. The molecule has 1 fully saturated rings. The van der Waals surface area contributed by atoms with Crippen molar-refractivity contribution in [3.63, 3.8) is 0 Å². The van der Waals surface area contributed by atoms with Crippen molar-refractivity contribution in [2.24, 2.45) is 0 Å². The number of anilines is 1. The van der Waals surface area contributed by atoms with Gasteiger partial charge < -0.3 is 10.1 Å². The summed E-state index contributed by atoms with van der Waals surface area (Å²) in [4.78, 5) is 0. The molecule has 2 rings (SSSR count). The molecule has 0 aromatic heterocycles. The van der Waals surface area contributed by atoms with E-state index in [0.29, 0.717) is 6.10 Å². The lowest BCUT2D eigenvalue weighted by Crippen LogP contribution is -2.20. The molecule has 2 nitrogen and oxygen atoms in total. The highest BCUT2D eigenvalue weighted by Crippen LogP contribution is 2.20. The molecule has 0 saturated heterocycles. The van der Waals surface area contributed by atoms with Gasteiger partial charge in [-0.15, -0.1) is 0 Å². The molecular formula is C14H20ClNO. The SMILES string of the molecule is Clc1ccc(NCCOC2CCCCC2)cc1. The van der Waals surface area contributed by atoms with E-state index in [4.69, 9.17) is 16.3 Å². The average Bonchev–Trinajstić information content (AvgIpc) is 2.38. The molecule has 0 bridgehead atoms. The molecule has 3 heteroatoms. The molecule has 94 valence electrons. The van der Waals surface area contributed by atoms with E-state index < -0.39 is 0 Å². The van der Waals surface area contributed by atoms with Crippen molar-refractivity contribution in [3.8, 4) is 0 Å². The summed E-state index contributed by atoms with van der Waals surface area (Å²) in [6.07, 6.45) is 7.01. The Balaban J connectivity index is 1.60. The predicted octanol–water partition coefficient (Wildman–Crippen LogP) is 4.10. The minimum atomic E-state index is 0.496. The molecule has 1 saturated carbocycles. The van der Waals surface area contributed by atoms with Crippen LogP contribution in [0.1, 0.15) is 32.1 Å². The lowest BCUT2D eigenvalue weighted by molar-refractivity contribution is 0.0347. The molecule has 0 heterocycles. The van der Waals surface area contributed by atoms with Crippen LogP contribution in [0.15, 0.2) is 24.3 Å².